The summed E-state index contributed by atoms with van der Waals surface area (Å²) in [6.07, 6.45) is 6.34. The average molecular weight is 276 g/mol. The maximum atomic E-state index is 4.11. The third kappa shape index (κ3) is 4.53. The Kier molecular flexibility index (Phi) is 5.22. The first-order chi connectivity index (χ1) is 10.2. The predicted octanol–water partition coefficient (Wildman–Crippen LogP) is 4.48. The van der Waals surface area contributed by atoms with Crippen LogP contribution in [0.3, 0.4) is 0 Å². The molecule has 2 aromatic rings. The van der Waals surface area contributed by atoms with Crippen molar-refractivity contribution in [2.45, 2.75) is 20.3 Å². The fourth-order valence-electron chi connectivity index (χ4n) is 2.07. The van der Waals surface area contributed by atoms with Gasteiger partial charge >= 0.3 is 0 Å². The largest absolute Gasteiger partial charge is 0.159 e. The molecule has 0 radical (unpaired) electrons. The lowest BCUT2D eigenvalue weighted by molar-refractivity contribution is 1.25. The molecule has 0 aliphatic rings. The first-order valence-electron chi connectivity index (χ1n) is 7.02. The van der Waals surface area contributed by atoms with Crippen molar-refractivity contribution in [3.8, 4) is 0 Å². The van der Waals surface area contributed by atoms with Gasteiger partial charge in [0.15, 0.2) is 0 Å². The molecule has 0 aromatic heterocycles. The van der Waals surface area contributed by atoms with Gasteiger partial charge in [0.05, 0.1) is 12.4 Å². The minimum absolute atomic E-state index is 0.891. The molecule has 0 bridgehead atoms. The number of benzene rings is 2. The number of aryl methyl sites for hydroxylation is 2. The normalized spacial score (nSPS) is 11.3. The molecule has 0 unspecified atom stereocenters. The Morgan fingerprint density at radius 3 is 2.33 bits per heavy atom. The summed E-state index contributed by atoms with van der Waals surface area (Å²) in [5.74, 6) is 0. The van der Waals surface area contributed by atoms with Crippen LogP contribution in [-0.2, 0) is 6.42 Å². The Hall–Kier alpha value is -2.48. The molecule has 2 rings (SSSR count). The lowest BCUT2D eigenvalue weighted by atomic mass is 10.1. The summed E-state index contributed by atoms with van der Waals surface area (Å²) < 4.78 is 0. The maximum absolute atomic E-state index is 4.11. The minimum atomic E-state index is 0.891. The Morgan fingerprint density at radius 2 is 1.67 bits per heavy atom. The van der Waals surface area contributed by atoms with Gasteiger partial charge in [0.2, 0.25) is 0 Å². The molecule has 0 heterocycles. The van der Waals surface area contributed by atoms with Crippen molar-refractivity contribution < 1.29 is 0 Å². The highest BCUT2D eigenvalue weighted by atomic mass is 15.2. The standard InChI is InChI=1S/C19H20N2/c1-4-5-17-7-9-18(10-8-17)13-20-21-14-19-11-6-15(2)12-16(19)3/h4,6-14H,1,5H2,2-3H3/b20-13+,21-14+. The first-order valence-corrected chi connectivity index (χ1v) is 7.02. The fraction of sp³-hybridized carbons (Fsp3) is 0.158. The van der Waals surface area contributed by atoms with Crippen LogP contribution in [0, 0.1) is 13.8 Å². The van der Waals surface area contributed by atoms with Crippen molar-refractivity contribution in [1.29, 1.82) is 0 Å². The van der Waals surface area contributed by atoms with E-state index in [9.17, 15) is 0 Å². The van der Waals surface area contributed by atoms with Gasteiger partial charge in [-0.15, -0.1) is 6.58 Å². The van der Waals surface area contributed by atoms with E-state index in [0.29, 0.717) is 0 Å². The van der Waals surface area contributed by atoms with E-state index in [1.54, 1.807) is 12.4 Å². The van der Waals surface area contributed by atoms with Crippen LogP contribution in [0.5, 0.6) is 0 Å². The van der Waals surface area contributed by atoms with Gasteiger partial charge < -0.3 is 0 Å². The Morgan fingerprint density at radius 1 is 0.952 bits per heavy atom. The van der Waals surface area contributed by atoms with E-state index in [2.05, 4.69) is 61.0 Å². The molecule has 2 nitrogen and oxygen atoms in total. The van der Waals surface area contributed by atoms with E-state index in [1.807, 2.05) is 18.2 Å². The second-order valence-corrected chi connectivity index (χ2v) is 5.08. The van der Waals surface area contributed by atoms with E-state index in [-0.39, 0.29) is 0 Å². The number of nitrogens with zero attached hydrogens (tertiary/aromatic N) is 2. The molecule has 2 heteroatoms. The molecular weight excluding hydrogens is 256 g/mol. The molecule has 0 spiro atoms. The SMILES string of the molecule is C=CCc1ccc(/C=N/N=C/c2ccc(C)cc2C)cc1. The summed E-state index contributed by atoms with van der Waals surface area (Å²) >= 11 is 0. The Bertz CT molecular complexity index is 664. The van der Waals surface area contributed by atoms with Crippen LogP contribution < -0.4 is 0 Å². The van der Waals surface area contributed by atoms with Gasteiger partial charge in [-0.3, -0.25) is 0 Å². The van der Waals surface area contributed by atoms with E-state index in [4.69, 9.17) is 0 Å². The number of hydrogen-bond donors (Lipinski definition) is 0. The second-order valence-electron chi connectivity index (χ2n) is 5.08. The van der Waals surface area contributed by atoms with Crippen LogP contribution >= 0.6 is 0 Å². The molecular formula is C19H20N2. The van der Waals surface area contributed by atoms with Crippen LogP contribution in [0.25, 0.3) is 0 Å². The van der Waals surface area contributed by atoms with Gasteiger partial charge in [-0.05, 0) is 42.5 Å². The van der Waals surface area contributed by atoms with Crippen LogP contribution in [0.15, 0.2) is 65.3 Å². The fourth-order valence-corrected chi connectivity index (χ4v) is 2.07. The molecule has 0 amide bonds. The molecule has 0 aliphatic carbocycles. The average Bonchev–Trinajstić information content (AvgIpc) is 2.47. The van der Waals surface area contributed by atoms with Crippen LogP contribution in [-0.4, -0.2) is 12.4 Å². The molecule has 106 valence electrons. The third-order valence-electron chi connectivity index (χ3n) is 3.26. The zero-order valence-electron chi connectivity index (χ0n) is 12.6. The summed E-state index contributed by atoms with van der Waals surface area (Å²) in [5.41, 5.74) is 5.86. The van der Waals surface area contributed by atoms with Gasteiger partial charge in [-0.1, -0.05) is 54.1 Å². The summed E-state index contributed by atoms with van der Waals surface area (Å²) in [6, 6.07) is 14.5. The monoisotopic (exact) mass is 276 g/mol. The van der Waals surface area contributed by atoms with Gasteiger partial charge in [-0.2, -0.15) is 10.2 Å². The van der Waals surface area contributed by atoms with Gasteiger partial charge in [-0.25, -0.2) is 0 Å². The van der Waals surface area contributed by atoms with Crippen molar-refractivity contribution in [3.05, 3.63) is 82.9 Å². The molecule has 0 saturated heterocycles. The second kappa shape index (κ2) is 7.34. The smallest absolute Gasteiger partial charge is 0.0570 e. The maximum Gasteiger partial charge on any atom is 0.0570 e. The molecule has 2 aromatic carbocycles. The molecule has 0 fully saturated rings. The topological polar surface area (TPSA) is 24.7 Å². The summed E-state index contributed by atoms with van der Waals surface area (Å²) in [7, 11) is 0. The molecule has 0 saturated carbocycles. The highest BCUT2D eigenvalue weighted by molar-refractivity contribution is 5.83. The lowest BCUT2D eigenvalue weighted by Crippen LogP contribution is -1.87. The first kappa shape index (κ1) is 14.9. The van der Waals surface area contributed by atoms with Crippen molar-refractivity contribution in [2.75, 3.05) is 0 Å². The number of rotatable bonds is 5. The highest BCUT2D eigenvalue weighted by Crippen LogP contribution is 2.08. The molecule has 21 heavy (non-hydrogen) atoms. The van der Waals surface area contributed by atoms with Crippen LogP contribution in [0.2, 0.25) is 0 Å². The van der Waals surface area contributed by atoms with E-state index in [1.165, 1.54) is 16.7 Å². The van der Waals surface area contributed by atoms with E-state index >= 15 is 0 Å². The molecule has 0 atom stereocenters. The summed E-state index contributed by atoms with van der Waals surface area (Å²) in [6.45, 7) is 7.90. The number of hydrogen-bond acceptors (Lipinski definition) is 2. The molecule has 0 aliphatic heterocycles. The van der Waals surface area contributed by atoms with Gasteiger partial charge in [0.1, 0.15) is 0 Å². The lowest BCUT2D eigenvalue weighted by Gasteiger charge is -1.99. The minimum Gasteiger partial charge on any atom is -0.159 e. The van der Waals surface area contributed by atoms with Gasteiger partial charge in [0.25, 0.3) is 0 Å². The Balaban J connectivity index is 2.01. The zero-order valence-corrected chi connectivity index (χ0v) is 12.6. The quantitative estimate of drug-likeness (QED) is 0.437. The summed E-state index contributed by atoms with van der Waals surface area (Å²) in [5, 5.41) is 8.21. The van der Waals surface area contributed by atoms with Crippen molar-refractivity contribution >= 4 is 12.4 Å². The van der Waals surface area contributed by atoms with Crippen LogP contribution in [0.1, 0.15) is 27.8 Å². The third-order valence-corrected chi connectivity index (χ3v) is 3.26. The van der Waals surface area contributed by atoms with Crippen molar-refractivity contribution in [1.82, 2.24) is 0 Å². The van der Waals surface area contributed by atoms with Crippen LogP contribution in [0.4, 0.5) is 0 Å². The molecule has 0 N–H and O–H groups in total. The predicted molar refractivity (Wildman–Crippen MR) is 91.4 cm³/mol. The van der Waals surface area contributed by atoms with Crippen molar-refractivity contribution in [2.24, 2.45) is 10.2 Å². The van der Waals surface area contributed by atoms with Gasteiger partial charge in [0, 0.05) is 0 Å². The number of allylic oxidation sites excluding steroid dienone is 1. The van der Waals surface area contributed by atoms with E-state index < -0.39 is 0 Å². The van der Waals surface area contributed by atoms with E-state index in [0.717, 1.165) is 17.5 Å². The van der Waals surface area contributed by atoms with Crippen molar-refractivity contribution in [3.63, 3.8) is 0 Å². The Labute approximate surface area is 126 Å². The summed E-state index contributed by atoms with van der Waals surface area (Å²) in [4.78, 5) is 0. The highest BCUT2D eigenvalue weighted by Gasteiger charge is 1.94. The zero-order chi connectivity index (χ0) is 15.1.